The Balaban J connectivity index is 1.48. The molecule has 0 aromatic heterocycles. The maximum Gasteiger partial charge on any atom is 0.303 e. The van der Waals surface area contributed by atoms with Gasteiger partial charge >= 0.3 is 5.97 Å². The molecule has 3 aliphatic rings. The van der Waals surface area contributed by atoms with Crippen molar-refractivity contribution in [1.82, 2.24) is 4.90 Å². The highest BCUT2D eigenvalue weighted by Gasteiger charge is 2.56. The third kappa shape index (κ3) is 7.21. The third-order valence-electron chi connectivity index (χ3n) is 8.86. The molecule has 0 saturated carbocycles. The number of aromatic hydroxyl groups is 1. The van der Waals surface area contributed by atoms with E-state index in [4.69, 9.17) is 14.6 Å². The number of phenols is 1. The summed E-state index contributed by atoms with van der Waals surface area (Å²) < 4.78 is 12.5. The summed E-state index contributed by atoms with van der Waals surface area (Å²) in [6.45, 7) is 5.16. The van der Waals surface area contributed by atoms with Crippen LogP contribution in [0, 0.1) is 21.3 Å². The zero-order valence-electron chi connectivity index (χ0n) is 25.0. The molecule has 0 unspecified atom stereocenters. The van der Waals surface area contributed by atoms with E-state index in [1.54, 1.807) is 7.11 Å². The number of phenolic OH excluding ortho intramolecular Hbond substituents is 1. The van der Waals surface area contributed by atoms with Gasteiger partial charge in [0, 0.05) is 18.9 Å². The van der Waals surface area contributed by atoms with Crippen molar-refractivity contribution in [2.45, 2.75) is 90.6 Å². The molecule has 1 aliphatic carbocycles. The van der Waals surface area contributed by atoms with Crippen LogP contribution in [0.5, 0.6) is 11.5 Å². The van der Waals surface area contributed by atoms with Crippen LogP contribution in [0.2, 0.25) is 0 Å². The minimum absolute atomic E-state index is 0.0506. The number of allylic oxidation sites excluding steroid dienone is 2. The number of ether oxygens (including phenoxy) is 2. The lowest BCUT2D eigenvalue weighted by atomic mass is 9.68. The predicted octanol–water partition coefficient (Wildman–Crippen LogP) is 6.73. The van der Waals surface area contributed by atoms with E-state index in [-0.39, 0.29) is 47.8 Å². The van der Waals surface area contributed by atoms with Crippen LogP contribution in [0.4, 0.5) is 0 Å². The smallest absolute Gasteiger partial charge is 0.303 e. The SMILES string of the molecule is CCCC1=C2[C@@H](CC/C(=C/c3cc(I)c(O)c(OC)c3)CCC)OC[C@@H]2[C@@H]2C(=O)N(CCCCCC(=O)O)C(=O)[C@@H]2C1. The Morgan fingerprint density at radius 2 is 1.88 bits per heavy atom. The second-order valence-electron chi connectivity index (χ2n) is 11.8. The number of carbonyl (C=O) groups is 3. The highest BCUT2D eigenvalue weighted by molar-refractivity contribution is 14.1. The maximum absolute atomic E-state index is 13.6. The lowest BCUT2D eigenvalue weighted by molar-refractivity contribution is -0.141. The molecule has 4 rings (SSSR count). The second kappa shape index (κ2) is 14.9. The Morgan fingerprint density at radius 3 is 2.57 bits per heavy atom. The summed E-state index contributed by atoms with van der Waals surface area (Å²) in [6.07, 6.45) is 10.3. The van der Waals surface area contributed by atoms with Crippen molar-refractivity contribution in [3.8, 4) is 11.5 Å². The van der Waals surface area contributed by atoms with Gasteiger partial charge in [0.25, 0.3) is 0 Å². The molecule has 4 atom stereocenters. The molecular formula is C33H44INO7. The number of carbonyl (C=O) groups excluding carboxylic acids is 2. The standard InChI is InChI=1S/C33H44INO7/c1-4-9-20(15-21-16-25(34)31(38)27(17-21)41-3)12-13-26-29-22(10-5-2)18-23-30(24(29)19-42-26)33(40)35(32(23)39)14-8-6-7-11-28(36)37/h15-17,23-24,26,30,38H,4-14,18-19H2,1-3H3,(H,36,37)/b20-15+/t23-,24+,26-,30-/m1/s1. The van der Waals surface area contributed by atoms with Gasteiger partial charge in [-0.25, -0.2) is 0 Å². The van der Waals surface area contributed by atoms with E-state index in [0.717, 1.165) is 47.7 Å². The summed E-state index contributed by atoms with van der Waals surface area (Å²) in [6, 6.07) is 3.82. The van der Waals surface area contributed by atoms with Gasteiger partial charge in [-0.05, 0) is 90.8 Å². The Labute approximate surface area is 262 Å². The third-order valence-corrected chi connectivity index (χ3v) is 9.69. The molecule has 2 saturated heterocycles. The van der Waals surface area contributed by atoms with Crippen molar-refractivity contribution in [2.75, 3.05) is 20.3 Å². The molecule has 0 radical (unpaired) electrons. The second-order valence-corrected chi connectivity index (χ2v) is 12.9. The van der Waals surface area contributed by atoms with E-state index < -0.39 is 5.97 Å². The molecule has 230 valence electrons. The maximum atomic E-state index is 13.6. The summed E-state index contributed by atoms with van der Waals surface area (Å²) in [5, 5.41) is 19.1. The number of nitrogens with zero attached hydrogens (tertiary/aromatic N) is 1. The fourth-order valence-corrected chi connectivity index (χ4v) is 7.62. The molecule has 8 nitrogen and oxygen atoms in total. The van der Waals surface area contributed by atoms with E-state index in [1.807, 2.05) is 12.1 Å². The fraction of sp³-hybridized carbons (Fsp3) is 0.606. The van der Waals surface area contributed by atoms with Crippen molar-refractivity contribution in [1.29, 1.82) is 0 Å². The zero-order valence-corrected chi connectivity index (χ0v) is 27.2. The van der Waals surface area contributed by atoms with Crippen LogP contribution >= 0.6 is 22.6 Å². The molecule has 0 spiro atoms. The highest BCUT2D eigenvalue weighted by Crippen LogP contribution is 2.51. The number of carboxylic acids is 1. The average Bonchev–Trinajstić information content (AvgIpc) is 3.48. The number of methoxy groups -OCH3 is 1. The summed E-state index contributed by atoms with van der Waals surface area (Å²) in [4.78, 5) is 39.3. The molecule has 2 aliphatic heterocycles. The molecule has 1 aromatic rings. The number of amides is 2. The summed E-state index contributed by atoms with van der Waals surface area (Å²) in [7, 11) is 1.56. The average molecular weight is 694 g/mol. The largest absolute Gasteiger partial charge is 0.504 e. The first kappa shape index (κ1) is 32.5. The Hall–Kier alpha value is -2.40. The van der Waals surface area contributed by atoms with E-state index >= 15 is 0 Å². The molecule has 2 N–H and O–H groups in total. The first-order valence-corrected chi connectivity index (χ1v) is 16.4. The van der Waals surface area contributed by atoms with Gasteiger partial charge in [0.15, 0.2) is 11.5 Å². The van der Waals surface area contributed by atoms with Crippen molar-refractivity contribution in [3.63, 3.8) is 0 Å². The number of hydrogen-bond donors (Lipinski definition) is 2. The topological polar surface area (TPSA) is 113 Å². The van der Waals surface area contributed by atoms with Gasteiger partial charge in [-0.1, -0.05) is 50.3 Å². The normalized spacial score (nSPS) is 23.9. The lowest BCUT2D eigenvalue weighted by Gasteiger charge is -2.32. The number of halogens is 1. The van der Waals surface area contributed by atoms with Crippen molar-refractivity contribution >= 4 is 46.5 Å². The molecule has 2 amide bonds. The number of aliphatic carboxylic acids is 1. The first-order valence-electron chi connectivity index (χ1n) is 15.4. The van der Waals surface area contributed by atoms with Crippen LogP contribution < -0.4 is 4.74 Å². The van der Waals surface area contributed by atoms with Crippen LogP contribution in [0.15, 0.2) is 28.9 Å². The van der Waals surface area contributed by atoms with Crippen LogP contribution in [-0.4, -0.2) is 59.3 Å². The fourth-order valence-electron chi connectivity index (χ4n) is 7.00. The molecule has 9 heteroatoms. The quantitative estimate of drug-likeness (QED) is 0.0907. The molecule has 2 fully saturated rings. The van der Waals surface area contributed by atoms with Crippen LogP contribution in [-0.2, 0) is 19.1 Å². The van der Waals surface area contributed by atoms with Gasteiger partial charge in [-0.2, -0.15) is 0 Å². The predicted molar refractivity (Wildman–Crippen MR) is 169 cm³/mol. The van der Waals surface area contributed by atoms with Gasteiger partial charge < -0.3 is 19.7 Å². The highest BCUT2D eigenvalue weighted by atomic mass is 127. The van der Waals surface area contributed by atoms with Gasteiger partial charge in [-0.15, -0.1) is 0 Å². The van der Waals surface area contributed by atoms with Crippen LogP contribution in [0.3, 0.4) is 0 Å². The molecular weight excluding hydrogens is 649 g/mol. The van der Waals surface area contributed by atoms with E-state index in [1.165, 1.54) is 21.6 Å². The molecule has 1 aromatic carbocycles. The first-order chi connectivity index (χ1) is 20.2. The van der Waals surface area contributed by atoms with Gasteiger partial charge in [0.05, 0.1) is 35.2 Å². The lowest BCUT2D eigenvalue weighted by Crippen LogP contribution is -2.34. The summed E-state index contributed by atoms with van der Waals surface area (Å²) in [5.74, 6) is -1.06. The van der Waals surface area contributed by atoms with Crippen LogP contribution in [0.25, 0.3) is 6.08 Å². The Morgan fingerprint density at radius 1 is 1.10 bits per heavy atom. The Bertz CT molecular complexity index is 1240. The number of benzene rings is 1. The summed E-state index contributed by atoms with van der Waals surface area (Å²) in [5.41, 5.74) is 4.86. The number of rotatable bonds is 15. The zero-order chi connectivity index (χ0) is 30.4. The van der Waals surface area contributed by atoms with Gasteiger partial charge in [0.2, 0.25) is 11.8 Å². The number of hydrogen-bond acceptors (Lipinski definition) is 6. The number of unbranched alkanes of at least 4 members (excludes halogenated alkanes) is 2. The monoisotopic (exact) mass is 693 g/mol. The molecule has 2 heterocycles. The number of imide groups is 1. The van der Waals surface area contributed by atoms with Gasteiger partial charge in [0.1, 0.15) is 0 Å². The van der Waals surface area contributed by atoms with Crippen molar-refractivity contribution in [3.05, 3.63) is 38.0 Å². The molecule has 0 bridgehead atoms. The minimum Gasteiger partial charge on any atom is -0.504 e. The van der Waals surface area contributed by atoms with Crippen LogP contribution in [0.1, 0.15) is 90.0 Å². The number of likely N-dealkylation sites (tertiary alicyclic amines) is 1. The van der Waals surface area contributed by atoms with E-state index in [0.29, 0.717) is 44.6 Å². The van der Waals surface area contributed by atoms with E-state index in [2.05, 4.69) is 42.5 Å². The molecule has 42 heavy (non-hydrogen) atoms. The number of fused-ring (bicyclic) bond motifs is 3. The van der Waals surface area contributed by atoms with Crippen molar-refractivity contribution in [2.24, 2.45) is 17.8 Å². The Kier molecular flexibility index (Phi) is 11.5. The number of carboxylic acid groups (broad SMARTS) is 1. The van der Waals surface area contributed by atoms with Crippen molar-refractivity contribution < 1.29 is 34.1 Å². The summed E-state index contributed by atoms with van der Waals surface area (Å²) >= 11 is 2.12. The van der Waals surface area contributed by atoms with E-state index in [9.17, 15) is 19.5 Å². The van der Waals surface area contributed by atoms with Gasteiger partial charge in [-0.3, -0.25) is 19.3 Å². The minimum atomic E-state index is -0.820.